The van der Waals surface area contributed by atoms with Gasteiger partial charge in [-0.15, -0.1) is 0 Å². The van der Waals surface area contributed by atoms with Gasteiger partial charge in [0, 0.05) is 6.42 Å². The molecule has 8 atom stereocenters. The zero-order valence-corrected chi connectivity index (χ0v) is 11.6. The van der Waals surface area contributed by atoms with Crippen LogP contribution in [0.5, 0.6) is 0 Å². The van der Waals surface area contributed by atoms with Gasteiger partial charge in [0.1, 0.15) is 31.0 Å². The molecule has 21 heavy (non-hydrogen) atoms. The molecule has 0 radical (unpaired) electrons. The lowest BCUT2D eigenvalue weighted by Gasteiger charge is -2.40. The summed E-state index contributed by atoms with van der Waals surface area (Å²) in [5.74, 6) is -2.05. The highest BCUT2D eigenvalue weighted by molar-refractivity contribution is 4.97. The Morgan fingerprint density at radius 1 is 1.14 bits per heavy atom. The second-order valence-electron chi connectivity index (χ2n) is 5.47. The topological polar surface area (TPSA) is 149 Å². The van der Waals surface area contributed by atoms with Gasteiger partial charge in [0.15, 0.2) is 6.29 Å². The Hall–Kier alpha value is -0.360. The third kappa shape index (κ3) is 3.07. The summed E-state index contributed by atoms with van der Waals surface area (Å²) in [5, 5.41) is 57.8. The van der Waals surface area contributed by atoms with Crippen molar-refractivity contribution < 1.29 is 44.8 Å². The minimum atomic E-state index is -2.05. The van der Waals surface area contributed by atoms with Crippen LogP contribution in [-0.4, -0.2) is 92.6 Å². The van der Waals surface area contributed by atoms with Crippen molar-refractivity contribution in [2.45, 2.75) is 62.0 Å². The molecule has 0 saturated carbocycles. The number of ether oxygens (including phenoxy) is 3. The molecule has 2 aliphatic heterocycles. The predicted molar refractivity (Wildman–Crippen MR) is 65.8 cm³/mol. The van der Waals surface area contributed by atoms with Gasteiger partial charge in [0.05, 0.1) is 18.8 Å². The van der Waals surface area contributed by atoms with Crippen LogP contribution in [0.15, 0.2) is 0 Å². The molecule has 0 aromatic heterocycles. The van der Waals surface area contributed by atoms with E-state index in [1.165, 1.54) is 0 Å². The minimum absolute atomic E-state index is 0.207. The largest absolute Gasteiger partial charge is 0.394 e. The Balaban J connectivity index is 2.15. The molecule has 0 aromatic rings. The fourth-order valence-electron chi connectivity index (χ4n) is 2.59. The van der Waals surface area contributed by atoms with Crippen molar-refractivity contribution in [1.82, 2.24) is 0 Å². The molecule has 2 aliphatic rings. The molecule has 0 aromatic carbocycles. The van der Waals surface area contributed by atoms with Gasteiger partial charge in [-0.25, -0.2) is 0 Å². The van der Waals surface area contributed by atoms with E-state index in [1.807, 2.05) is 0 Å². The molecule has 124 valence electrons. The maximum absolute atomic E-state index is 9.99. The fourth-order valence-corrected chi connectivity index (χ4v) is 2.59. The molecule has 1 unspecified atom stereocenters. The van der Waals surface area contributed by atoms with Crippen molar-refractivity contribution in [3.05, 3.63) is 0 Å². The monoisotopic (exact) mass is 310 g/mol. The Morgan fingerprint density at radius 3 is 2.33 bits per heavy atom. The van der Waals surface area contributed by atoms with E-state index in [0.29, 0.717) is 0 Å². The first-order chi connectivity index (χ1) is 9.84. The number of hydrogen-bond acceptors (Lipinski definition) is 9. The highest BCUT2D eigenvalue weighted by Gasteiger charge is 2.57. The maximum Gasteiger partial charge on any atom is 0.224 e. The summed E-state index contributed by atoms with van der Waals surface area (Å²) >= 11 is 0. The second kappa shape index (κ2) is 6.41. The van der Waals surface area contributed by atoms with Gasteiger partial charge in [0.2, 0.25) is 5.79 Å². The van der Waals surface area contributed by atoms with Crippen LogP contribution in [0.3, 0.4) is 0 Å². The summed E-state index contributed by atoms with van der Waals surface area (Å²) in [5.41, 5.74) is 0. The SMILES string of the molecule is C[C@@H]1C[C@H](O)[C@@H](O)[C@@H](OC2(CO)O[C@H](CO)[C@@H](O)[C@@H]2O)O1. The molecular formula is C12H22O9. The highest BCUT2D eigenvalue weighted by atomic mass is 16.8. The lowest BCUT2D eigenvalue weighted by molar-refractivity contribution is -0.371. The smallest absolute Gasteiger partial charge is 0.224 e. The first-order valence-electron chi connectivity index (χ1n) is 6.79. The molecule has 9 nitrogen and oxygen atoms in total. The second-order valence-corrected chi connectivity index (χ2v) is 5.47. The average Bonchev–Trinajstić information content (AvgIpc) is 2.69. The summed E-state index contributed by atoms with van der Waals surface area (Å²) < 4.78 is 15.9. The molecule has 2 fully saturated rings. The maximum atomic E-state index is 9.99. The fraction of sp³-hybridized carbons (Fsp3) is 1.00. The molecule has 0 spiro atoms. The molecule has 2 rings (SSSR count). The Labute approximate surface area is 121 Å². The van der Waals surface area contributed by atoms with E-state index >= 15 is 0 Å². The molecular weight excluding hydrogens is 288 g/mol. The van der Waals surface area contributed by atoms with Crippen molar-refractivity contribution >= 4 is 0 Å². The molecule has 2 saturated heterocycles. The zero-order chi connectivity index (χ0) is 15.8. The quantitative estimate of drug-likeness (QED) is 0.313. The van der Waals surface area contributed by atoms with E-state index in [9.17, 15) is 25.5 Å². The summed E-state index contributed by atoms with van der Waals surface area (Å²) in [6.07, 6.45) is -8.31. The van der Waals surface area contributed by atoms with Crippen molar-refractivity contribution in [3.8, 4) is 0 Å². The van der Waals surface area contributed by atoms with E-state index in [-0.39, 0.29) is 6.42 Å². The van der Waals surface area contributed by atoms with Crippen LogP contribution in [0, 0.1) is 0 Å². The Morgan fingerprint density at radius 2 is 1.81 bits per heavy atom. The van der Waals surface area contributed by atoms with E-state index in [1.54, 1.807) is 6.92 Å². The summed E-state index contributed by atoms with van der Waals surface area (Å²) in [4.78, 5) is 0. The van der Waals surface area contributed by atoms with Crippen LogP contribution in [-0.2, 0) is 14.2 Å². The van der Waals surface area contributed by atoms with E-state index in [0.717, 1.165) is 0 Å². The molecule has 6 N–H and O–H groups in total. The van der Waals surface area contributed by atoms with Crippen molar-refractivity contribution in [3.63, 3.8) is 0 Å². The van der Waals surface area contributed by atoms with Gasteiger partial charge in [0.25, 0.3) is 0 Å². The van der Waals surface area contributed by atoms with Crippen molar-refractivity contribution in [1.29, 1.82) is 0 Å². The van der Waals surface area contributed by atoms with Crippen molar-refractivity contribution in [2.24, 2.45) is 0 Å². The first-order valence-corrected chi connectivity index (χ1v) is 6.79. The van der Waals surface area contributed by atoms with Gasteiger partial charge in [-0.2, -0.15) is 0 Å². The van der Waals surface area contributed by atoms with Crippen LogP contribution in [0.2, 0.25) is 0 Å². The number of hydrogen-bond donors (Lipinski definition) is 6. The molecule has 0 amide bonds. The third-order valence-corrected chi connectivity index (χ3v) is 3.83. The lowest BCUT2D eigenvalue weighted by atomic mass is 10.0. The van der Waals surface area contributed by atoms with Crippen LogP contribution >= 0.6 is 0 Å². The Bertz CT molecular complexity index is 354. The number of rotatable bonds is 4. The number of aliphatic hydroxyl groups is 6. The van der Waals surface area contributed by atoms with E-state index in [4.69, 9.17) is 19.3 Å². The van der Waals surface area contributed by atoms with Crippen molar-refractivity contribution in [2.75, 3.05) is 13.2 Å². The van der Waals surface area contributed by atoms with Crippen LogP contribution < -0.4 is 0 Å². The van der Waals surface area contributed by atoms with E-state index < -0.39 is 61.9 Å². The summed E-state index contributed by atoms with van der Waals surface area (Å²) in [6.45, 7) is 0.240. The third-order valence-electron chi connectivity index (χ3n) is 3.83. The van der Waals surface area contributed by atoms with Gasteiger partial charge in [-0.1, -0.05) is 0 Å². The summed E-state index contributed by atoms with van der Waals surface area (Å²) in [7, 11) is 0. The zero-order valence-electron chi connectivity index (χ0n) is 11.6. The molecule has 0 aliphatic carbocycles. The van der Waals surface area contributed by atoms with Gasteiger partial charge in [-0.3, -0.25) is 0 Å². The standard InChI is InChI=1S/C12H22O9/c1-5-2-6(15)8(16)11(19-5)21-12(4-14)10(18)9(17)7(3-13)20-12/h5-11,13-18H,2-4H2,1H3/t5-,6+,7-,8-,9-,10+,11-,12?/m1/s1. The van der Waals surface area contributed by atoms with Gasteiger partial charge in [-0.05, 0) is 6.92 Å². The average molecular weight is 310 g/mol. The van der Waals surface area contributed by atoms with E-state index in [2.05, 4.69) is 0 Å². The minimum Gasteiger partial charge on any atom is -0.394 e. The molecule has 2 heterocycles. The van der Waals surface area contributed by atoms with Crippen LogP contribution in [0.1, 0.15) is 13.3 Å². The van der Waals surface area contributed by atoms with Gasteiger partial charge < -0.3 is 44.8 Å². The van der Waals surface area contributed by atoms with Crippen LogP contribution in [0.4, 0.5) is 0 Å². The highest BCUT2D eigenvalue weighted by Crippen LogP contribution is 2.35. The predicted octanol–water partition coefficient (Wildman–Crippen LogP) is -3.34. The van der Waals surface area contributed by atoms with Crippen LogP contribution in [0.25, 0.3) is 0 Å². The number of aliphatic hydroxyl groups excluding tert-OH is 6. The summed E-state index contributed by atoms with van der Waals surface area (Å²) in [6, 6.07) is 0. The Kier molecular flexibility index (Phi) is 5.19. The van der Waals surface area contributed by atoms with Gasteiger partial charge >= 0.3 is 0 Å². The molecule has 0 bridgehead atoms. The normalized spacial score (nSPS) is 51.3. The lowest BCUT2D eigenvalue weighted by Crippen LogP contribution is -2.57. The molecule has 9 heteroatoms. The first kappa shape index (κ1) is 17.0.